The van der Waals surface area contributed by atoms with Crippen LogP contribution in [-0.2, 0) is 0 Å². The first-order valence-corrected chi connectivity index (χ1v) is 6.52. The van der Waals surface area contributed by atoms with Gasteiger partial charge in [0, 0.05) is 25.5 Å². The first-order valence-electron chi connectivity index (χ1n) is 6.52. The average molecular weight is 270 g/mol. The van der Waals surface area contributed by atoms with Crippen LogP contribution in [0.3, 0.4) is 0 Å². The molecule has 1 N–H and O–H groups in total. The third-order valence-electron chi connectivity index (χ3n) is 3.30. The van der Waals surface area contributed by atoms with E-state index in [1.165, 1.54) is 6.20 Å². The summed E-state index contributed by atoms with van der Waals surface area (Å²) in [6, 6.07) is 5.48. The van der Waals surface area contributed by atoms with Gasteiger partial charge in [-0.05, 0) is 25.0 Å². The van der Waals surface area contributed by atoms with Gasteiger partial charge in [0.25, 0.3) is 0 Å². The Morgan fingerprint density at radius 3 is 2.65 bits per heavy atom. The van der Waals surface area contributed by atoms with Crippen molar-refractivity contribution in [2.75, 3.05) is 18.0 Å². The maximum atomic E-state index is 11.3. The summed E-state index contributed by atoms with van der Waals surface area (Å²) in [4.78, 5) is 26.0. The van der Waals surface area contributed by atoms with E-state index in [0.717, 1.165) is 25.9 Å². The lowest BCUT2D eigenvalue weighted by atomic mass is 10.2. The number of anilines is 1. The Labute approximate surface area is 116 Å². The molecule has 6 nitrogen and oxygen atoms in total. The average Bonchev–Trinajstić information content (AvgIpc) is 3.01. The fraction of sp³-hybridized carbons (Fsp3) is 0.286. The van der Waals surface area contributed by atoms with Crippen LogP contribution in [0.5, 0.6) is 0 Å². The van der Waals surface area contributed by atoms with Crippen molar-refractivity contribution in [2.45, 2.75) is 12.8 Å². The molecule has 0 unspecified atom stereocenters. The van der Waals surface area contributed by atoms with Gasteiger partial charge in [-0.15, -0.1) is 0 Å². The summed E-state index contributed by atoms with van der Waals surface area (Å²) in [6.07, 6.45) is 5.15. The number of aromatic nitrogens is 3. The molecule has 0 aromatic carbocycles. The van der Waals surface area contributed by atoms with E-state index < -0.39 is 5.97 Å². The molecule has 0 saturated carbocycles. The largest absolute Gasteiger partial charge is 0.477 e. The quantitative estimate of drug-likeness (QED) is 0.916. The molecule has 1 aliphatic heterocycles. The second-order valence-corrected chi connectivity index (χ2v) is 4.65. The Morgan fingerprint density at radius 1 is 1.20 bits per heavy atom. The van der Waals surface area contributed by atoms with Crippen LogP contribution in [0.25, 0.3) is 11.5 Å². The maximum absolute atomic E-state index is 11.3. The van der Waals surface area contributed by atoms with E-state index in [0.29, 0.717) is 17.3 Å². The molecular formula is C14H14N4O2. The molecule has 1 fully saturated rings. The zero-order valence-electron chi connectivity index (χ0n) is 10.9. The van der Waals surface area contributed by atoms with Crippen molar-refractivity contribution < 1.29 is 9.90 Å². The molecule has 102 valence electrons. The molecule has 1 aliphatic rings. The smallest absolute Gasteiger partial charge is 0.341 e. The van der Waals surface area contributed by atoms with Gasteiger partial charge in [-0.1, -0.05) is 6.07 Å². The molecule has 0 aliphatic carbocycles. The number of carboxylic acids is 1. The Kier molecular flexibility index (Phi) is 3.28. The van der Waals surface area contributed by atoms with Crippen LogP contribution in [0.4, 0.5) is 5.82 Å². The molecule has 1 saturated heterocycles. The van der Waals surface area contributed by atoms with Crippen LogP contribution >= 0.6 is 0 Å². The molecule has 6 heteroatoms. The van der Waals surface area contributed by atoms with E-state index >= 15 is 0 Å². The molecule has 3 rings (SSSR count). The molecule has 20 heavy (non-hydrogen) atoms. The number of pyridine rings is 1. The number of nitrogens with zero attached hydrogens (tertiary/aromatic N) is 4. The number of carbonyl (C=O) groups is 1. The first-order chi connectivity index (χ1) is 9.75. The molecule has 2 aromatic heterocycles. The van der Waals surface area contributed by atoms with Crippen molar-refractivity contribution in [2.24, 2.45) is 0 Å². The van der Waals surface area contributed by atoms with Gasteiger partial charge in [-0.2, -0.15) is 0 Å². The summed E-state index contributed by atoms with van der Waals surface area (Å²) < 4.78 is 0. The van der Waals surface area contributed by atoms with Crippen molar-refractivity contribution in [3.05, 3.63) is 36.2 Å². The van der Waals surface area contributed by atoms with Gasteiger partial charge in [-0.3, -0.25) is 4.98 Å². The molecular weight excluding hydrogens is 256 g/mol. The molecule has 0 bridgehead atoms. The monoisotopic (exact) mass is 270 g/mol. The zero-order chi connectivity index (χ0) is 13.9. The Bertz CT molecular complexity index is 624. The minimum absolute atomic E-state index is 0.145. The summed E-state index contributed by atoms with van der Waals surface area (Å²) in [6.45, 7) is 1.66. The minimum atomic E-state index is -1.00. The predicted molar refractivity (Wildman–Crippen MR) is 73.7 cm³/mol. The van der Waals surface area contributed by atoms with E-state index in [-0.39, 0.29) is 5.56 Å². The number of hydrogen-bond donors (Lipinski definition) is 1. The van der Waals surface area contributed by atoms with E-state index in [1.54, 1.807) is 6.20 Å². The van der Waals surface area contributed by atoms with Crippen LogP contribution in [-0.4, -0.2) is 39.1 Å². The molecule has 0 amide bonds. The van der Waals surface area contributed by atoms with Crippen molar-refractivity contribution in [1.82, 2.24) is 15.0 Å². The SMILES string of the molecule is O=C(O)c1cnc(-c2ccccn2)nc1N1CCCC1. The Morgan fingerprint density at radius 2 is 2.00 bits per heavy atom. The Hall–Kier alpha value is -2.50. The third kappa shape index (κ3) is 2.32. The second kappa shape index (κ2) is 5.24. The molecule has 0 radical (unpaired) electrons. The minimum Gasteiger partial charge on any atom is -0.477 e. The highest BCUT2D eigenvalue weighted by molar-refractivity contribution is 5.93. The van der Waals surface area contributed by atoms with E-state index in [9.17, 15) is 9.90 Å². The summed E-state index contributed by atoms with van der Waals surface area (Å²) >= 11 is 0. The predicted octanol–water partition coefficient (Wildman–Crippen LogP) is 1.84. The summed E-state index contributed by atoms with van der Waals surface area (Å²) in [5.74, 6) is -0.0531. The standard InChI is InChI=1S/C14H14N4O2/c19-14(20)10-9-16-12(11-5-1-2-6-15-11)17-13(10)18-7-3-4-8-18/h1-2,5-6,9H,3-4,7-8H2,(H,19,20). The fourth-order valence-electron chi connectivity index (χ4n) is 2.31. The van der Waals surface area contributed by atoms with Crippen molar-refractivity contribution in [1.29, 1.82) is 0 Å². The highest BCUT2D eigenvalue weighted by atomic mass is 16.4. The van der Waals surface area contributed by atoms with Gasteiger partial charge in [0.15, 0.2) is 5.82 Å². The van der Waals surface area contributed by atoms with Crippen LogP contribution in [0.1, 0.15) is 23.2 Å². The van der Waals surface area contributed by atoms with Gasteiger partial charge in [0.05, 0.1) is 0 Å². The van der Waals surface area contributed by atoms with E-state index in [2.05, 4.69) is 15.0 Å². The number of hydrogen-bond acceptors (Lipinski definition) is 5. The lowest BCUT2D eigenvalue weighted by Gasteiger charge is -2.18. The van der Waals surface area contributed by atoms with Gasteiger partial charge < -0.3 is 10.0 Å². The first kappa shape index (κ1) is 12.5. The lowest BCUT2D eigenvalue weighted by Crippen LogP contribution is -2.22. The molecule has 0 spiro atoms. The highest BCUT2D eigenvalue weighted by Gasteiger charge is 2.22. The van der Waals surface area contributed by atoms with Crippen LogP contribution in [0.15, 0.2) is 30.6 Å². The maximum Gasteiger partial charge on any atom is 0.341 e. The summed E-state index contributed by atoms with van der Waals surface area (Å²) in [5.41, 5.74) is 0.788. The molecule has 0 atom stereocenters. The van der Waals surface area contributed by atoms with Crippen LogP contribution in [0.2, 0.25) is 0 Å². The summed E-state index contributed by atoms with van der Waals surface area (Å²) in [7, 11) is 0. The molecule has 3 heterocycles. The van der Waals surface area contributed by atoms with Gasteiger partial charge >= 0.3 is 5.97 Å². The van der Waals surface area contributed by atoms with Gasteiger partial charge in [0.2, 0.25) is 0 Å². The van der Waals surface area contributed by atoms with E-state index in [4.69, 9.17) is 0 Å². The van der Waals surface area contributed by atoms with E-state index in [1.807, 2.05) is 23.1 Å². The van der Waals surface area contributed by atoms with Crippen molar-refractivity contribution >= 4 is 11.8 Å². The number of carboxylic acid groups (broad SMARTS) is 1. The van der Waals surface area contributed by atoms with Crippen LogP contribution in [0, 0.1) is 0 Å². The fourth-order valence-corrected chi connectivity index (χ4v) is 2.31. The van der Waals surface area contributed by atoms with Crippen LogP contribution < -0.4 is 4.90 Å². The number of aromatic carboxylic acids is 1. The van der Waals surface area contributed by atoms with Gasteiger partial charge in [-0.25, -0.2) is 14.8 Å². The summed E-state index contributed by atoms with van der Waals surface area (Å²) in [5, 5.41) is 9.27. The number of rotatable bonds is 3. The zero-order valence-corrected chi connectivity index (χ0v) is 10.9. The van der Waals surface area contributed by atoms with Crippen molar-refractivity contribution in [3.63, 3.8) is 0 Å². The normalized spacial score (nSPS) is 14.5. The Balaban J connectivity index is 2.06. The lowest BCUT2D eigenvalue weighted by molar-refractivity contribution is 0.0696. The van der Waals surface area contributed by atoms with Gasteiger partial charge in [0.1, 0.15) is 17.1 Å². The van der Waals surface area contributed by atoms with Crippen molar-refractivity contribution in [3.8, 4) is 11.5 Å². The highest BCUT2D eigenvalue weighted by Crippen LogP contribution is 2.24. The molecule has 2 aromatic rings. The topological polar surface area (TPSA) is 79.2 Å². The third-order valence-corrected chi connectivity index (χ3v) is 3.30. The second-order valence-electron chi connectivity index (χ2n) is 4.65.